The van der Waals surface area contributed by atoms with Crippen LogP contribution in [0.5, 0.6) is 0 Å². The Bertz CT molecular complexity index is 1200. The van der Waals surface area contributed by atoms with Gasteiger partial charge in [0.15, 0.2) is 9.84 Å². The van der Waals surface area contributed by atoms with Gasteiger partial charge >= 0.3 is 0 Å². The highest BCUT2D eigenvalue weighted by Gasteiger charge is 2.16. The van der Waals surface area contributed by atoms with Crippen LogP contribution in [0.3, 0.4) is 0 Å². The second kappa shape index (κ2) is 8.12. The largest absolute Gasteiger partial charge is 0.224 e. The monoisotopic (exact) mass is 406 g/mol. The molecule has 3 aromatic carbocycles. The highest BCUT2D eigenvalue weighted by molar-refractivity contribution is 8.00. The summed E-state index contributed by atoms with van der Waals surface area (Å²) in [6.07, 6.45) is 0. The van der Waals surface area contributed by atoms with E-state index < -0.39 is 9.84 Å². The molecule has 0 N–H and O–H groups in total. The van der Waals surface area contributed by atoms with Gasteiger partial charge in [0.05, 0.1) is 10.6 Å². The first kappa shape index (κ1) is 18.7. The van der Waals surface area contributed by atoms with E-state index in [1.807, 2.05) is 60.7 Å². The zero-order valence-electron chi connectivity index (χ0n) is 15.0. The number of sulfone groups is 1. The van der Waals surface area contributed by atoms with Crippen LogP contribution in [0.1, 0.15) is 0 Å². The third-order valence-electron chi connectivity index (χ3n) is 4.39. The van der Waals surface area contributed by atoms with Crippen molar-refractivity contribution in [3.63, 3.8) is 0 Å². The fraction of sp³-hybridized carbons (Fsp3) is 0.0909. The number of rotatable bonds is 6. The fourth-order valence-corrected chi connectivity index (χ4v) is 5.63. The summed E-state index contributed by atoms with van der Waals surface area (Å²) in [5, 5.41) is 11.6. The van der Waals surface area contributed by atoms with Crippen molar-refractivity contribution in [1.82, 2.24) is 10.2 Å². The van der Waals surface area contributed by atoms with Crippen LogP contribution in [0.25, 0.3) is 22.0 Å². The molecule has 6 heteroatoms. The maximum absolute atomic E-state index is 12.5. The van der Waals surface area contributed by atoms with Crippen LogP contribution >= 0.6 is 11.8 Å². The van der Waals surface area contributed by atoms with Crippen molar-refractivity contribution in [3.05, 3.63) is 84.9 Å². The van der Waals surface area contributed by atoms with Crippen molar-refractivity contribution in [2.75, 3.05) is 11.5 Å². The number of hydrogen-bond acceptors (Lipinski definition) is 5. The predicted octanol–water partition coefficient (Wildman–Crippen LogP) is 4.86. The Morgan fingerprint density at radius 2 is 1.32 bits per heavy atom. The maximum atomic E-state index is 12.5. The molecule has 0 aliphatic rings. The summed E-state index contributed by atoms with van der Waals surface area (Å²) >= 11 is 1.42. The Morgan fingerprint density at radius 1 is 0.714 bits per heavy atom. The van der Waals surface area contributed by atoms with Gasteiger partial charge in [0.25, 0.3) is 0 Å². The predicted molar refractivity (Wildman–Crippen MR) is 114 cm³/mol. The molecule has 4 rings (SSSR count). The van der Waals surface area contributed by atoms with Crippen LogP contribution in [0.2, 0.25) is 0 Å². The first-order valence-corrected chi connectivity index (χ1v) is 11.5. The molecule has 0 saturated carbocycles. The van der Waals surface area contributed by atoms with Crippen LogP contribution in [0.15, 0.2) is 94.9 Å². The van der Waals surface area contributed by atoms with Gasteiger partial charge < -0.3 is 0 Å². The van der Waals surface area contributed by atoms with Crippen molar-refractivity contribution in [2.45, 2.75) is 9.92 Å². The van der Waals surface area contributed by atoms with E-state index in [9.17, 15) is 8.42 Å². The van der Waals surface area contributed by atoms with Gasteiger partial charge in [-0.15, -0.1) is 22.0 Å². The molecule has 1 aromatic heterocycles. The van der Waals surface area contributed by atoms with Crippen LogP contribution in [0, 0.1) is 0 Å². The molecule has 0 spiro atoms. The molecular weight excluding hydrogens is 388 g/mol. The van der Waals surface area contributed by atoms with Crippen LogP contribution in [-0.2, 0) is 9.84 Å². The first-order valence-electron chi connectivity index (χ1n) is 8.86. The van der Waals surface area contributed by atoms with E-state index in [0.717, 1.165) is 27.1 Å². The Kier molecular flexibility index (Phi) is 5.41. The molecule has 0 saturated heterocycles. The normalized spacial score (nSPS) is 11.6. The molecule has 0 aliphatic heterocycles. The molecular formula is C22H18N2O2S2. The minimum absolute atomic E-state index is 0.0537. The lowest BCUT2D eigenvalue weighted by Gasteiger charge is -2.09. The van der Waals surface area contributed by atoms with E-state index in [1.54, 1.807) is 24.3 Å². The van der Waals surface area contributed by atoms with Gasteiger partial charge in [-0.1, -0.05) is 72.8 Å². The summed E-state index contributed by atoms with van der Waals surface area (Å²) in [5.74, 6) is 0.471. The molecule has 0 aliphatic carbocycles. The maximum Gasteiger partial charge on any atom is 0.179 e. The minimum Gasteiger partial charge on any atom is -0.224 e. The van der Waals surface area contributed by atoms with Crippen LogP contribution in [0.4, 0.5) is 0 Å². The highest BCUT2D eigenvalue weighted by atomic mass is 32.2. The number of benzene rings is 3. The fourth-order valence-electron chi connectivity index (χ4n) is 2.99. The van der Waals surface area contributed by atoms with E-state index in [-0.39, 0.29) is 5.75 Å². The minimum atomic E-state index is -3.30. The van der Waals surface area contributed by atoms with Gasteiger partial charge in [-0.25, -0.2) is 8.42 Å². The number of hydrogen-bond donors (Lipinski definition) is 0. The molecule has 0 bridgehead atoms. The molecule has 0 fully saturated rings. The average Bonchev–Trinajstić information content (AvgIpc) is 2.75. The average molecular weight is 407 g/mol. The number of fused-ring (bicyclic) bond motifs is 1. The first-order chi connectivity index (χ1) is 13.6. The molecule has 0 radical (unpaired) electrons. The highest BCUT2D eigenvalue weighted by Crippen LogP contribution is 2.31. The molecule has 0 atom stereocenters. The van der Waals surface area contributed by atoms with Crippen molar-refractivity contribution in [2.24, 2.45) is 0 Å². The topological polar surface area (TPSA) is 59.9 Å². The lowest BCUT2D eigenvalue weighted by Crippen LogP contribution is -2.09. The second-order valence-electron chi connectivity index (χ2n) is 6.25. The summed E-state index contributed by atoms with van der Waals surface area (Å²) in [6.45, 7) is 0. The summed E-state index contributed by atoms with van der Waals surface area (Å²) in [5.41, 5.74) is 1.84. The number of thioether (sulfide) groups is 1. The van der Waals surface area contributed by atoms with Gasteiger partial charge in [-0.3, -0.25) is 0 Å². The van der Waals surface area contributed by atoms with E-state index in [1.165, 1.54) is 11.8 Å². The SMILES string of the molecule is O=S(=O)(CCSc1nnc(-c2ccccc2)c2ccccc12)c1ccccc1. The Balaban J connectivity index is 1.59. The van der Waals surface area contributed by atoms with Crippen molar-refractivity contribution in [1.29, 1.82) is 0 Å². The van der Waals surface area contributed by atoms with Gasteiger partial charge in [0, 0.05) is 22.1 Å². The lowest BCUT2D eigenvalue weighted by molar-refractivity contribution is 0.597. The number of aromatic nitrogens is 2. The van der Waals surface area contributed by atoms with E-state index in [4.69, 9.17) is 0 Å². The second-order valence-corrected chi connectivity index (χ2v) is 9.44. The number of nitrogens with zero attached hydrogens (tertiary/aromatic N) is 2. The van der Waals surface area contributed by atoms with Crippen molar-refractivity contribution < 1.29 is 8.42 Å². The summed E-state index contributed by atoms with van der Waals surface area (Å²) in [6, 6.07) is 26.4. The zero-order chi connectivity index (χ0) is 19.4. The molecule has 0 unspecified atom stereocenters. The van der Waals surface area contributed by atoms with Gasteiger partial charge in [-0.05, 0) is 12.1 Å². The Labute approximate surface area is 168 Å². The van der Waals surface area contributed by atoms with Crippen LogP contribution in [-0.4, -0.2) is 30.1 Å². The Morgan fingerprint density at radius 3 is 2.04 bits per heavy atom. The van der Waals surface area contributed by atoms with E-state index in [0.29, 0.717) is 10.6 Å². The molecule has 140 valence electrons. The van der Waals surface area contributed by atoms with Crippen molar-refractivity contribution >= 4 is 32.4 Å². The van der Waals surface area contributed by atoms with E-state index >= 15 is 0 Å². The quantitative estimate of drug-likeness (QED) is 0.428. The molecule has 28 heavy (non-hydrogen) atoms. The standard InChI is InChI=1S/C22H18N2O2S2/c25-28(26,18-11-5-2-6-12-18)16-15-27-22-20-14-8-7-13-19(20)21(23-24-22)17-9-3-1-4-10-17/h1-14H,15-16H2. The van der Waals surface area contributed by atoms with Gasteiger partial charge in [-0.2, -0.15) is 0 Å². The molecule has 4 aromatic rings. The summed E-state index contributed by atoms with van der Waals surface area (Å²) < 4.78 is 25.0. The van der Waals surface area contributed by atoms with Crippen molar-refractivity contribution in [3.8, 4) is 11.3 Å². The van der Waals surface area contributed by atoms with Crippen LogP contribution < -0.4 is 0 Å². The lowest BCUT2D eigenvalue weighted by atomic mass is 10.1. The third-order valence-corrected chi connectivity index (χ3v) is 7.37. The Hall–Kier alpha value is -2.70. The molecule has 4 nitrogen and oxygen atoms in total. The smallest absolute Gasteiger partial charge is 0.179 e. The summed E-state index contributed by atoms with van der Waals surface area (Å²) in [4.78, 5) is 0.353. The third kappa shape index (κ3) is 3.93. The zero-order valence-corrected chi connectivity index (χ0v) is 16.7. The van der Waals surface area contributed by atoms with Gasteiger partial charge in [0.2, 0.25) is 0 Å². The molecule has 1 heterocycles. The van der Waals surface area contributed by atoms with Gasteiger partial charge in [0.1, 0.15) is 10.7 Å². The molecule has 0 amide bonds. The van der Waals surface area contributed by atoms with E-state index in [2.05, 4.69) is 10.2 Å². The summed E-state index contributed by atoms with van der Waals surface area (Å²) in [7, 11) is -3.30.